The number of aromatic nitrogens is 1. The van der Waals surface area contributed by atoms with Crippen molar-refractivity contribution in [2.75, 3.05) is 0 Å². The predicted octanol–water partition coefficient (Wildman–Crippen LogP) is 4.60. The van der Waals surface area contributed by atoms with Gasteiger partial charge < -0.3 is 9.41 Å². The van der Waals surface area contributed by atoms with Gasteiger partial charge in [-0.2, -0.15) is 0 Å². The van der Waals surface area contributed by atoms with E-state index in [1.807, 2.05) is 18.2 Å². The van der Waals surface area contributed by atoms with Gasteiger partial charge in [0.15, 0.2) is 8.32 Å². The first-order valence-electron chi connectivity index (χ1n) is 6.28. The quantitative estimate of drug-likeness (QED) is 0.814. The van der Waals surface area contributed by atoms with Gasteiger partial charge in [-0.25, -0.2) is 0 Å². The Morgan fingerprint density at radius 1 is 1.33 bits per heavy atom. The van der Waals surface area contributed by atoms with Crippen LogP contribution < -0.4 is 0 Å². The molecule has 0 aliphatic carbocycles. The van der Waals surface area contributed by atoms with Crippen molar-refractivity contribution >= 4 is 30.8 Å². The smallest absolute Gasteiger partial charge is 0.184 e. The van der Waals surface area contributed by atoms with E-state index < -0.39 is 8.32 Å². The average Bonchev–Trinajstić information content (AvgIpc) is 2.58. The highest BCUT2D eigenvalue weighted by molar-refractivity contribution is 6.69. The Kier molecular flexibility index (Phi) is 3.85. The molecule has 0 amide bonds. The Labute approximate surface area is 114 Å². The van der Waals surface area contributed by atoms with E-state index >= 15 is 0 Å². The molecular formula is C14H20ClNOSi. The number of hydrogen-bond acceptors (Lipinski definition) is 1. The van der Waals surface area contributed by atoms with Gasteiger partial charge in [-0.1, -0.05) is 11.6 Å². The summed E-state index contributed by atoms with van der Waals surface area (Å²) in [6, 6.07) is 5.95. The van der Waals surface area contributed by atoms with E-state index in [-0.39, 0.29) is 6.10 Å². The van der Waals surface area contributed by atoms with E-state index in [9.17, 15) is 0 Å². The minimum Gasteiger partial charge on any atom is -0.415 e. The van der Waals surface area contributed by atoms with Gasteiger partial charge in [0, 0.05) is 28.2 Å². The zero-order chi connectivity index (χ0) is 13.3. The molecule has 1 aromatic heterocycles. The molecule has 98 valence electrons. The number of halogens is 1. The summed E-state index contributed by atoms with van der Waals surface area (Å²) in [6.45, 7) is 8.79. The van der Waals surface area contributed by atoms with E-state index in [1.54, 1.807) is 0 Å². The van der Waals surface area contributed by atoms with E-state index in [1.165, 1.54) is 10.9 Å². The lowest BCUT2D eigenvalue weighted by molar-refractivity contribution is 0.215. The Morgan fingerprint density at radius 3 is 2.72 bits per heavy atom. The van der Waals surface area contributed by atoms with Crippen molar-refractivity contribution in [2.45, 2.75) is 39.1 Å². The van der Waals surface area contributed by atoms with Crippen molar-refractivity contribution in [1.82, 2.24) is 4.98 Å². The normalized spacial score (nSPS) is 14.1. The van der Waals surface area contributed by atoms with Crippen LogP contribution in [-0.2, 0) is 10.8 Å². The molecule has 0 aliphatic heterocycles. The maximum atomic E-state index is 6.08. The molecule has 2 rings (SSSR count). The lowest BCUT2D eigenvalue weighted by Crippen LogP contribution is -2.31. The van der Waals surface area contributed by atoms with Gasteiger partial charge in [0.1, 0.15) is 0 Å². The highest BCUT2D eigenvalue weighted by Gasteiger charge is 2.19. The van der Waals surface area contributed by atoms with Gasteiger partial charge in [-0.05, 0) is 56.7 Å². The van der Waals surface area contributed by atoms with Gasteiger partial charge in [0.2, 0.25) is 0 Å². The van der Waals surface area contributed by atoms with Crippen LogP contribution in [0.4, 0.5) is 0 Å². The molecule has 0 saturated heterocycles. The lowest BCUT2D eigenvalue weighted by Gasteiger charge is -2.23. The van der Waals surface area contributed by atoms with E-state index in [4.69, 9.17) is 16.0 Å². The van der Waals surface area contributed by atoms with Gasteiger partial charge in [-0.3, -0.25) is 0 Å². The number of fused-ring (bicyclic) bond motifs is 1. The largest absolute Gasteiger partial charge is 0.415 e. The first kappa shape index (κ1) is 13.7. The number of benzene rings is 1. The SMILES string of the molecule is CC(Cc1c[nH]c2ccc(Cl)cc12)O[Si](C)(C)C. The molecule has 4 heteroatoms. The number of aromatic amines is 1. The molecule has 1 N–H and O–H groups in total. The van der Waals surface area contributed by atoms with Crippen LogP contribution in [0.5, 0.6) is 0 Å². The third-order valence-electron chi connectivity index (χ3n) is 2.79. The van der Waals surface area contributed by atoms with Crippen molar-refractivity contribution in [3.05, 3.63) is 35.0 Å². The molecule has 1 unspecified atom stereocenters. The maximum absolute atomic E-state index is 6.08. The molecule has 1 heterocycles. The fourth-order valence-electron chi connectivity index (χ4n) is 2.27. The molecular weight excluding hydrogens is 262 g/mol. The van der Waals surface area contributed by atoms with Crippen molar-refractivity contribution in [2.24, 2.45) is 0 Å². The van der Waals surface area contributed by atoms with Crippen molar-refractivity contribution in [1.29, 1.82) is 0 Å². The highest BCUT2D eigenvalue weighted by Crippen LogP contribution is 2.24. The number of H-pyrrole nitrogens is 1. The second-order valence-electron chi connectivity index (χ2n) is 5.75. The summed E-state index contributed by atoms with van der Waals surface area (Å²) in [6.07, 6.45) is 3.23. The van der Waals surface area contributed by atoms with Crippen LogP contribution in [0.25, 0.3) is 10.9 Å². The Balaban J connectivity index is 2.19. The van der Waals surface area contributed by atoms with Crippen LogP contribution in [0.15, 0.2) is 24.4 Å². The van der Waals surface area contributed by atoms with Crippen LogP contribution >= 0.6 is 11.6 Å². The lowest BCUT2D eigenvalue weighted by atomic mass is 10.1. The van der Waals surface area contributed by atoms with Crippen molar-refractivity contribution in [3.63, 3.8) is 0 Å². The molecule has 2 nitrogen and oxygen atoms in total. The molecule has 0 spiro atoms. The maximum Gasteiger partial charge on any atom is 0.184 e. The third-order valence-corrected chi connectivity index (χ3v) is 4.14. The summed E-state index contributed by atoms with van der Waals surface area (Å²) >= 11 is 6.05. The standard InChI is InChI=1S/C14H20ClNOSi/c1-10(17-18(2,3)4)7-11-9-16-14-6-5-12(15)8-13(11)14/h5-6,8-10,16H,7H2,1-4H3. The van der Waals surface area contributed by atoms with Crippen LogP contribution in [0.2, 0.25) is 24.7 Å². The summed E-state index contributed by atoms with van der Waals surface area (Å²) in [7, 11) is -1.47. The molecule has 0 fully saturated rings. The molecule has 1 atom stereocenters. The fourth-order valence-corrected chi connectivity index (χ4v) is 3.74. The number of rotatable bonds is 4. The molecule has 1 aromatic carbocycles. The second-order valence-corrected chi connectivity index (χ2v) is 10.6. The van der Waals surface area contributed by atoms with Gasteiger partial charge in [-0.15, -0.1) is 0 Å². The van der Waals surface area contributed by atoms with Crippen molar-refractivity contribution in [3.8, 4) is 0 Å². The predicted molar refractivity (Wildman–Crippen MR) is 80.9 cm³/mol. The first-order chi connectivity index (χ1) is 8.35. The fraction of sp³-hybridized carbons (Fsp3) is 0.429. The monoisotopic (exact) mass is 281 g/mol. The number of hydrogen-bond donors (Lipinski definition) is 1. The third kappa shape index (κ3) is 3.37. The first-order valence-corrected chi connectivity index (χ1v) is 10.1. The molecule has 0 saturated carbocycles. The van der Waals surface area contributed by atoms with Crippen LogP contribution in [-0.4, -0.2) is 19.4 Å². The van der Waals surface area contributed by atoms with Crippen LogP contribution in [0.3, 0.4) is 0 Å². The van der Waals surface area contributed by atoms with E-state index in [0.717, 1.165) is 17.0 Å². The Hall–Kier alpha value is -0.773. The molecule has 2 aromatic rings. The minimum absolute atomic E-state index is 0.245. The molecule has 18 heavy (non-hydrogen) atoms. The number of nitrogens with one attached hydrogen (secondary N) is 1. The van der Waals surface area contributed by atoms with E-state index in [0.29, 0.717) is 0 Å². The summed E-state index contributed by atoms with van der Waals surface area (Å²) in [5, 5.41) is 1.98. The van der Waals surface area contributed by atoms with Crippen molar-refractivity contribution < 1.29 is 4.43 Å². The Morgan fingerprint density at radius 2 is 2.06 bits per heavy atom. The summed E-state index contributed by atoms with van der Waals surface area (Å²) in [5.41, 5.74) is 2.41. The zero-order valence-electron chi connectivity index (χ0n) is 11.4. The average molecular weight is 282 g/mol. The van der Waals surface area contributed by atoms with Crippen LogP contribution in [0, 0.1) is 0 Å². The zero-order valence-corrected chi connectivity index (χ0v) is 13.1. The van der Waals surface area contributed by atoms with Crippen LogP contribution in [0.1, 0.15) is 12.5 Å². The minimum atomic E-state index is -1.47. The topological polar surface area (TPSA) is 25.0 Å². The summed E-state index contributed by atoms with van der Waals surface area (Å²) in [4.78, 5) is 3.28. The molecule has 0 aliphatic rings. The molecule has 0 radical (unpaired) electrons. The van der Waals surface area contributed by atoms with Gasteiger partial charge in [0.25, 0.3) is 0 Å². The van der Waals surface area contributed by atoms with Gasteiger partial charge in [0.05, 0.1) is 0 Å². The molecule has 0 bridgehead atoms. The second kappa shape index (κ2) is 5.08. The Bertz CT molecular complexity index is 544. The van der Waals surface area contributed by atoms with Gasteiger partial charge >= 0.3 is 0 Å². The summed E-state index contributed by atoms with van der Waals surface area (Å²) < 4.78 is 6.08. The highest BCUT2D eigenvalue weighted by atomic mass is 35.5. The summed E-state index contributed by atoms with van der Waals surface area (Å²) in [5.74, 6) is 0. The van der Waals surface area contributed by atoms with E-state index in [2.05, 4.69) is 37.7 Å².